The fourth-order valence-corrected chi connectivity index (χ4v) is 7.11. The minimum Gasteiger partial charge on any atom is -0.397 e. The number of aryl methyl sites for hydroxylation is 4. The molecule has 4 heterocycles. The second kappa shape index (κ2) is 13.3. The first-order valence-corrected chi connectivity index (χ1v) is 17.0. The minimum atomic E-state index is -0.182. The molecule has 2 atom stereocenters. The number of H-pyrrole nitrogens is 2. The molecule has 0 fully saturated rings. The van der Waals surface area contributed by atoms with Crippen molar-refractivity contribution in [1.29, 1.82) is 0 Å². The van der Waals surface area contributed by atoms with Gasteiger partial charge in [0.15, 0.2) is 0 Å². The van der Waals surface area contributed by atoms with Gasteiger partial charge in [0.2, 0.25) is 0 Å². The average Bonchev–Trinajstić information content (AvgIpc) is 3.87. The largest absolute Gasteiger partial charge is 0.397 e. The smallest absolute Gasteiger partial charge is 0.327 e. The second-order valence-electron chi connectivity index (χ2n) is 13.1. The van der Waals surface area contributed by atoms with E-state index in [1.54, 1.807) is 9.13 Å². The fraction of sp³-hybridized carbons (Fsp3) is 0.200. The van der Waals surface area contributed by atoms with E-state index in [4.69, 9.17) is 20.5 Å². The summed E-state index contributed by atoms with van der Waals surface area (Å²) in [4.78, 5) is 31.1. The number of benzene rings is 4. The minimum absolute atomic E-state index is 0.128. The Balaban J connectivity index is 0.000000162. The van der Waals surface area contributed by atoms with E-state index in [9.17, 15) is 9.59 Å². The number of imidazole rings is 2. The molecule has 0 aliphatic carbocycles. The van der Waals surface area contributed by atoms with E-state index in [1.807, 2.05) is 126 Å². The Labute approximate surface area is 298 Å². The SMILES string of the molecule is Cc1noc(C)c1-c1cc(N)c2[nH]c(=O)n([C@@H](C)c3ccccc3)c2c1.Cc1noc(C)c1-c1cc(N)c2[nH]c(=O)n([C@H](C)c3ccccc3)c2c1. The van der Waals surface area contributed by atoms with Gasteiger partial charge in [-0.05, 0) is 88.1 Å². The molecule has 12 nitrogen and oxygen atoms in total. The lowest BCUT2D eigenvalue weighted by Crippen LogP contribution is -2.21. The molecule has 0 bridgehead atoms. The molecule has 8 aromatic rings. The van der Waals surface area contributed by atoms with E-state index in [-0.39, 0.29) is 23.5 Å². The maximum absolute atomic E-state index is 12.7. The summed E-state index contributed by atoms with van der Waals surface area (Å²) in [7, 11) is 0. The summed E-state index contributed by atoms with van der Waals surface area (Å²) in [5, 5.41) is 8.04. The average molecular weight is 697 g/mol. The molecule has 12 heteroatoms. The number of nitrogens with one attached hydrogen (secondary N) is 2. The van der Waals surface area contributed by atoms with Gasteiger partial charge < -0.3 is 30.5 Å². The molecule has 0 amide bonds. The van der Waals surface area contributed by atoms with Crippen molar-refractivity contribution in [3.05, 3.63) is 140 Å². The lowest BCUT2D eigenvalue weighted by molar-refractivity contribution is 0.393. The maximum Gasteiger partial charge on any atom is 0.327 e. The van der Waals surface area contributed by atoms with Crippen LogP contribution in [0, 0.1) is 27.7 Å². The molecule has 52 heavy (non-hydrogen) atoms. The summed E-state index contributed by atoms with van der Waals surface area (Å²) >= 11 is 0. The van der Waals surface area contributed by atoms with Crippen LogP contribution in [0.3, 0.4) is 0 Å². The summed E-state index contributed by atoms with van der Waals surface area (Å²) in [6.45, 7) is 11.5. The fourth-order valence-electron chi connectivity index (χ4n) is 7.11. The van der Waals surface area contributed by atoms with Crippen molar-refractivity contribution in [1.82, 2.24) is 29.4 Å². The maximum atomic E-state index is 12.7. The van der Waals surface area contributed by atoms with Gasteiger partial charge in [-0.1, -0.05) is 71.0 Å². The van der Waals surface area contributed by atoms with Crippen molar-refractivity contribution < 1.29 is 9.05 Å². The van der Waals surface area contributed by atoms with Gasteiger partial charge in [0.1, 0.15) is 11.5 Å². The number of nitrogens with two attached hydrogens (primary N) is 2. The Morgan fingerprint density at radius 1 is 0.596 bits per heavy atom. The summed E-state index contributed by atoms with van der Waals surface area (Å²) < 4.78 is 14.1. The molecule has 0 aliphatic heterocycles. The number of nitrogen functional groups attached to an aromatic ring is 2. The monoisotopic (exact) mass is 696 g/mol. The Morgan fingerprint density at radius 2 is 0.962 bits per heavy atom. The zero-order chi connectivity index (χ0) is 36.8. The van der Waals surface area contributed by atoms with Gasteiger partial charge in [0, 0.05) is 11.1 Å². The molecule has 0 spiro atoms. The topological polar surface area (TPSA) is 180 Å². The van der Waals surface area contributed by atoms with Crippen molar-refractivity contribution >= 4 is 33.4 Å². The van der Waals surface area contributed by atoms with Crippen molar-refractivity contribution in [2.45, 2.75) is 53.6 Å². The van der Waals surface area contributed by atoms with Crippen LogP contribution in [0.15, 0.2) is 104 Å². The number of hydrogen-bond donors (Lipinski definition) is 4. The van der Waals surface area contributed by atoms with Crippen molar-refractivity contribution in [2.24, 2.45) is 0 Å². The van der Waals surface area contributed by atoms with Gasteiger partial charge >= 0.3 is 11.4 Å². The summed E-state index contributed by atoms with van der Waals surface area (Å²) in [5.41, 5.74) is 23.3. The van der Waals surface area contributed by atoms with Crippen LogP contribution in [0.4, 0.5) is 11.4 Å². The van der Waals surface area contributed by atoms with E-state index >= 15 is 0 Å². The van der Waals surface area contributed by atoms with Crippen LogP contribution in [-0.4, -0.2) is 29.4 Å². The number of nitrogens with zero attached hydrogens (tertiary/aromatic N) is 4. The molecule has 264 valence electrons. The zero-order valence-corrected chi connectivity index (χ0v) is 29.8. The summed E-state index contributed by atoms with van der Waals surface area (Å²) in [6, 6.07) is 27.2. The van der Waals surface area contributed by atoms with E-state index in [0.29, 0.717) is 22.4 Å². The zero-order valence-electron chi connectivity index (χ0n) is 29.8. The Hall–Kier alpha value is -6.56. The van der Waals surface area contributed by atoms with Gasteiger partial charge in [-0.3, -0.25) is 9.13 Å². The Morgan fingerprint density at radius 3 is 1.29 bits per heavy atom. The van der Waals surface area contributed by atoms with Crippen LogP contribution >= 0.6 is 0 Å². The molecule has 8 rings (SSSR count). The molecule has 0 unspecified atom stereocenters. The standard InChI is InChI=1S/2C20H20N4O2/c2*1-11-18(13(3)26-23-11)15-9-16(21)19-17(10-15)24(20(25)22-19)12(2)14-7-5-4-6-8-14/h2*4-10,12H,21H2,1-3H3,(H,22,25)/t2*12-/m10/s1. The Bertz CT molecular complexity index is 2450. The van der Waals surface area contributed by atoms with Gasteiger partial charge in [-0.25, -0.2) is 9.59 Å². The highest BCUT2D eigenvalue weighted by molar-refractivity contribution is 5.94. The first-order chi connectivity index (χ1) is 24.9. The van der Waals surface area contributed by atoms with Crippen LogP contribution in [0.5, 0.6) is 0 Å². The van der Waals surface area contributed by atoms with E-state index in [1.165, 1.54) is 0 Å². The number of hydrogen-bond acceptors (Lipinski definition) is 8. The molecule has 0 saturated heterocycles. The number of rotatable bonds is 6. The molecule has 4 aromatic heterocycles. The molecular formula is C40H40N8O4. The summed E-state index contributed by atoms with van der Waals surface area (Å²) in [5.74, 6) is 1.45. The molecule has 4 aromatic carbocycles. The van der Waals surface area contributed by atoms with Crippen molar-refractivity contribution in [2.75, 3.05) is 11.5 Å². The van der Waals surface area contributed by atoms with E-state index in [0.717, 1.165) is 67.3 Å². The van der Waals surface area contributed by atoms with Crippen LogP contribution in [0.25, 0.3) is 44.3 Å². The van der Waals surface area contributed by atoms with Gasteiger partial charge in [0.25, 0.3) is 0 Å². The number of fused-ring (bicyclic) bond motifs is 2. The first kappa shape index (κ1) is 33.9. The predicted molar refractivity (Wildman–Crippen MR) is 204 cm³/mol. The number of anilines is 2. The number of aromatic nitrogens is 6. The highest BCUT2D eigenvalue weighted by atomic mass is 16.5. The highest BCUT2D eigenvalue weighted by Crippen LogP contribution is 2.35. The lowest BCUT2D eigenvalue weighted by Gasteiger charge is -2.15. The molecular weight excluding hydrogens is 656 g/mol. The van der Waals surface area contributed by atoms with Gasteiger partial charge in [0.05, 0.1) is 56.9 Å². The molecule has 0 aliphatic rings. The van der Waals surface area contributed by atoms with E-state index < -0.39 is 0 Å². The van der Waals surface area contributed by atoms with Crippen molar-refractivity contribution in [3.63, 3.8) is 0 Å². The highest BCUT2D eigenvalue weighted by Gasteiger charge is 2.21. The quantitative estimate of drug-likeness (QED) is 0.128. The Kier molecular flexibility index (Phi) is 8.67. The van der Waals surface area contributed by atoms with Gasteiger partial charge in [-0.2, -0.15) is 0 Å². The van der Waals surface area contributed by atoms with E-state index in [2.05, 4.69) is 20.3 Å². The van der Waals surface area contributed by atoms with Crippen LogP contribution < -0.4 is 22.8 Å². The first-order valence-electron chi connectivity index (χ1n) is 17.0. The van der Waals surface area contributed by atoms with Crippen molar-refractivity contribution in [3.8, 4) is 22.3 Å². The lowest BCUT2D eigenvalue weighted by atomic mass is 10.0. The van der Waals surface area contributed by atoms with Crippen LogP contribution in [0.2, 0.25) is 0 Å². The number of aromatic amines is 2. The normalized spacial score (nSPS) is 12.6. The molecule has 6 N–H and O–H groups in total. The van der Waals surface area contributed by atoms with Crippen LogP contribution in [0.1, 0.15) is 60.0 Å². The molecule has 0 radical (unpaired) electrons. The summed E-state index contributed by atoms with van der Waals surface area (Å²) in [6.07, 6.45) is 0. The van der Waals surface area contributed by atoms with Gasteiger partial charge in [-0.15, -0.1) is 0 Å². The third kappa shape index (κ3) is 5.87. The van der Waals surface area contributed by atoms with Crippen LogP contribution in [-0.2, 0) is 0 Å². The third-order valence-corrected chi connectivity index (χ3v) is 9.70. The molecule has 0 saturated carbocycles. The predicted octanol–water partition coefficient (Wildman–Crippen LogP) is 7.59. The third-order valence-electron chi connectivity index (χ3n) is 9.70. The second-order valence-corrected chi connectivity index (χ2v) is 13.1.